The predicted molar refractivity (Wildman–Crippen MR) is 80.9 cm³/mol. The molecule has 0 aliphatic heterocycles. The highest BCUT2D eigenvalue weighted by Gasteiger charge is 2.33. The van der Waals surface area contributed by atoms with Crippen molar-refractivity contribution in [1.29, 1.82) is 0 Å². The molecule has 0 amide bonds. The second-order valence-corrected chi connectivity index (χ2v) is 11.2. The van der Waals surface area contributed by atoms with Gasteiger partial charge in [-0.2, -0.15) is 0 Å². The Labute approximate surface area is 108 Å². The Morgan fingerprint density at radius 1 is 1.29 bits per heavy atom. The van der Waals surface area contributed by atoms with Crippen molar-refractivity contribution in [3.8, 4) is 0 Å². The lowest BCUT2D eigenvalue weighted by Gasteiger charge is -2.36. The average Bonchev–Trinajstić information content (AvgIpc) is 2.59. The van der Waals surface area contributed by atoms with Gasteiger partial charge in [-0.1, -0.05) is 50.2 Å². The number of unbranched alkanes of at least 4 members (excludes halogenated alkanes) is 1. The van der Waals surface area contributed by atoms with Crippen LogP contribution >= 0.6 is 0 Å². The highest BCUT2D eigenvalue weighted by Crippen LogP contribution is 2.32. The van der Waals surface area contributed by atoms with Crippen LogP contribution in [0, 0.1) is 0 Å². The molecule has 0 aromatic rings. The Bertz CT molecular complexity index is 307. The van der Waals surface area contributed by atoms with E-state index in [0.29, 0.717) is 5.54 Å². The highest BCUT2D eigenvalue weighted by molar-refractivity contribution is 6.77. The molecule has 0 radical (unpaired) electrons. The molecule has 0 saturated heterocycles. The first-order chi connectivity index (χ1) is 7.74. The van der Waals surface area contributed by atoms with Crippen molar-refractivity contribution >= 4 is 8.24 Å². The Morgan fingerprint density at radius 3 is 2.47 bits per heavy atom. The largest absolute Gasteiger partial charge is 0.332 e. The Hall–Kier alpha value is -0.343. The van der Waals surface area contributed by atoms with Crippen molar-refractivity contribution < 1.29 is 0 Å². The molecule has 17 heavy (non-hydrogen) atoms. The van der Waals surface area contributed by atoms with E-state index in [9.17, 15) is 0 Å². The maximum atomic E-state index is 3.86. The molecular weight excluding hydrogens is 222 g/mol. The number of rotatable bonds is 5. The van der Waals surface area contributed by atoms with E-state index in [2.05, 4.69) is 64.0 Å². The number of hydrogen-bond donors (Lipinski definition) is 1. The number of nitrogens with one attached hydrogen (secondary N) is 1. The third kappa shape index (κ3) is 4.80. The van der Waals surface area contributed by atoms with Gasteiger partial charge >= 0.3 is 0 Å². The van der Waals surface area contributed by atoms with Crippen LogP contribution in [-0.4, -0.2) is 13.8 Å². The van der Waals surface area contributed by atoms with Gasteiger partial charge in [0, 0.05) is 11.1 Å². The molecule has 1 atom stereocenters. The topological polar surface area (TPSA) is 12.0 Å². The monoisotopic (exact) mass is 251 g/mol. The Kier molecular flexibility index (Phi) is 4.79. The van der Waals surface area contributed by atoms with E-state index in [1.54, 1.807) is 5.57 Å². The maximum Gasteiger partial charge on any atom is 0.130 e. The predicted octanol–water partition coefficient (Wildman–Crippen LogP) is 4.64. The number of allylic oxidation sites excluding steroid dienone is 4. The molecule has 1 aliphatic rings. The summed E-state index contributed by atoms with van der Waals surface area (Å²) in [5.74, 6) is 0. The molecule has 0 aromatic heterocycles. The molecule has 1 aliphatic carbocycles. The van der Waals surface area contributed by atoms with Crippen LogP contribution in [0.3, 0.4) is 0 Å². The van der Waals surface area contributed by atoms with Gasteiger partial charge < -0.3 is 4.98 Å². The molecule has 0 bridgehead atoms. The summed E-state index contributed by atoms with van der Waals surface area (Å²) >= 11 is 0. The molecule has 1 nitrogen and oxygen atoms in total. The fourth-order valence-electron chi connectivity index (χ4n) is 2.62. The van der Waals surface area contributed by atoms with Crippen LogP contribution < -0.4 is 4.98 Å². The summed E-state index contributed by atoms with van der Waals surface area (Å²) in [5, 5.41) is 0. The van der Waals surface area contributed by atoms with Crippen molar-refractivity contribution in [2.75, 3.05) is 0 Å². The van der Waals surface area contributed by atoms with Gasteiger partial charge in [0.2, 0.25) is 0 Å². The van der Waals surface area contributed by atoms with E-state index in [1.807, 2.05) is 0 Å². The highest BCUT2D eigenvalue weighted by atomic mass is 28.3. The Balaban J connectivity index is 2.63. The van der Waals surface area contributed by atoms with E-state index in [4.69, 9.17) is 0 Å². The van der Waals surface area contributed by atoms with Crippen molar-refractivity contribution in [3.63, 3.8) is 0 Å². The van der Waals surface area contributed by atoms with Gasteiger partial charge in [-0.25, -0.2) is 0 Å². The van der Waals surface area contributed by atoms with Crippen LogP contribution in [0.2, 0.25) is 18.6 Å². The zero-order chi connectivity index (χ0) is 13.1. The first-order valence-corrected chi connectivity index (χ1v) is 10.0. The van der Waals surface area contributed by atoms with E-state index in [-0.39, 0.29) is 5.54 Å². The minimum Gasteiger partial charge on any atom is -0.332 e. The third-order valence-corrected chi connectivity index (χ3v) is 6.68. The van der Waals surface area contributed by atoms with E-state index in [1.165, 1.54) is 19.3 Å². The van der Waals surface area contributed by atoms with Gasteiger partial charge in [-0.3, -0.25) is 0 Å². The van der Waals surface area contributed by atoms with E-state index >= 15 is 0 Å². The van der Waals surface area contributed by atoms with Gasteiger partial charge in [0.05, 0.1) is 0 Å². The molecule has 0 fully saturated rings. The first-order valence-electron chi connectivity index (χ1n) is 6.93. The second-order valence-electron chi connectivity index (χ2n) is 6.83. The molecule has 0 heterocycles. The fraction of sp³-hybridized carbons (Fsp3) is 0.733. The molecule has 1 N–H and O–H groups in total. The molecule has 1 unspecified atom stereocenters. The van der Waals surface area contributed by atoms with Gasteiger partial charge in [0.15, 0.2) is 0 Å². The zero-order valence-corrected chi connectivity index (χ0v) is 13.4. The first kappa shape index (κ1) is 14.7. The van der Waals surface area contributed by atoms with Crippen LogP contribution in [0.1, 0.15) is 47.0 Å². The molecule has 0 saturated carbocycles. The van der Waals surface area contributed by atoms with Gasteiger partial charge in [-0.05, 0) is 33.6 Å². The van der Waals surface area contributed by atoms with Gasteiger partial charge in [0.25, 0.3) is 0 Å². The molecule has 0 spiro atoms. The molecule has 1 rings (SSSR count). The van der Waals surface area contributed by atoms with Crippen LogP contribution in [0.25, 0.3) is 0 Å². The normalized spacial score (nSPS) is 20.8. The van der Waals surface area contributed by atoms with Crippen molar-refractivity contribution in [1.82, 2.24) is 4.98 Å². The molecular formula is C15H29NSi. The lowest BCUT2D eigenvalue weighted by Crippen LogP contribution is -2.56. The lowest BCUT2D eigenvalue weighted by atomic mass is 10.1. The quantitative estimate of drug-likeness (QED) is 0.702. The summed E-state index contributed by atoms with van der Waals surface area (Å²) < 4.78 is 0. The smallest absolute Gasteiger partial charge is 0.130 e. The minimum atomic E-state index is -1.40. The van der Waals surface area contributed by atoms with Crippen LogP contribution in [0.4, 0.5) is 0 Å². The zero-order valence-electron chi connectivity index (χ0n) is 12.4. The summed E-state index contributed by atoms with van der Waals surface area (Å²) in [4.78, 5) is 3.86. The molecule has 0 aromatic carbocycles. The standard InChI is InChI=1S/C15H29NSi/c1-7-8-9-13-10-11-14(12-13)17(5,6)16-15(2,3)4/h10-12,14,16H,7-9H2,1-6H3. The summed E-state index contributed by atoms with van der Waals surface area (Å²) in [6, 6.07) is 0. The van der Waals surface area contributed by atoms with E-state index < -0.39 is 8.24 Å². The van der Waals surface area contributed by atoms with Crippen molar-refractivity contribution in [2.45, 2.75) is 71.1 Å². The minimum absolute atomic E-state index is 0.226. The van der Waals surface area contributed by atoms with Crippen LogP contribution in [-0.2, 0) is 0 Å². The van der Waals surface area contributed by atoms with Gasteiger partial charge in [-0.15, -0.1) is 0 Å². The summed E-state index contributed by atoms with van der Waals surface area (Å²) in [6.45, 7) is 13.9. The number of hydrogen-bond acceptors (Lipinski definition) is 1. The van der Waals surface area contributed by atoms with Crippen LogP contribution in [0.5, 0.6) is 0 Å². The third-order valence-electron chi connectivity index (χ3n) is 3.26. The van der Waals surface area contributed by atoms with Crippen LogP contribution in [0.15, 0.2) is 23.8 Å². The van der Waals surface area contributed by atoms with Crippen molar-refractivity contribution in [2.24, 2.45) is 0 Å². The SMILES string of the molecule is CCCCC1=CC([Si](C)(C)NC(C)(C)C)C=C1. The van der Waals surface area contributed by atoms with E-state index in [0.717, 1.165) is 0 Å². The fourth-order valence-corrected chi connectivity index (χ4v) is 5.92. The summed E-state index contributed by atoms with van der Waals surface area (Å²) in [5.41, 5.74) is 2.44. The lowest BCUT2D eigenvalue weighted by molar-refractivity contribution is 0.510. The van der Waals surface area contributed by atoms with Gasteiger partial charge in [0.1, 0.15) is 8.24 Å². The molecule has 2 heteroatoms. The second kappa shape index (κ2) is 5.53. The summed E-state index contributed by atoms with van der Waals surface area (Å²) in [7, 11) is -1.40. The maximum absolute atomic E-state index is 3.86. The summed E-state index contributed by atoms with van der Waals surface area (Å²) in [6.07, 6.45) is 11.1. The average molecular weight is 251 g/mol. The molecule has 98 valence electrons. The Morgan fingerprint density at radius 2 is 1.94 bits per heavy atom. The van der Waals surface area contributed by atoms with Crippen molar-refractivity contribution in [3.05, 3.63) is 23.8 Å².